The van der Waals surface area contributed by atoms with Crippen molar-refractivity contribution in [1.29, 1.82) is 5.41 Å². The lowest BCUT2D eigenvalue weighted by atomic mass is 10.1. The Morgan fingerprint density at radius 1 is 1.24 bits per heavy atom. The Balaban J connectivity index is 2.69. The van der Waals surface area contributed by atoms with Gasteiger partial charge in [0.15, 0.2) is 0 Å². The van der Waals surface area contributed by atoms with Gasteiger partial charge in [-0.1, -0.05) is 22.9 Å². The van der Waals surface area contributed by atoms with Crippen molar-refractivity contribution in [3.8, 4) is 0 Å². The summed E-state index contributed by atoms with van der Waals surface area (Å²) in [5, 5.41) is 7.61. The van der Waals surface area contributed by atoms with Gasteiger partial charge in [0.1, 0.15) is 0 Å². The SMILES string of the molecule is CCC(NNc1ccc(Br)cc1)=C(C)C(C)=N. The highest BCUT2D eigenvalue weighted by molar-refractivity contribution is 9.10. The lowest BCUT2D eigenvalue weighted by molar-refractivity contribution is 0.870. The van der Waals surface area contributed by atoms with Gasteiger partial charge in [0.25, 0.3) is 0 Å². The molecular formula is C13H18BrN3. The Morgan fingerprint density at radius 3 is 2.29 bits per heavy atom. The second-order valence-corrected chi connectivity index (χ2v) is 4.75. The predicted molar refractivity (Wildman–Crippen MR) is 77.3 cm³/mol. The molecule has 17 heavy (non-hydrogen) atoms. The van der Waals surface area contributed by atoms with E-state index < -0.39 is 0 Å². The quantitative estimate of drug-likeness (QED) is 0.566. The van der Waals surface area contributed by atoms with E-state index in [4.69, 9.17) is 5.41 Å². The van der Waals surface area contributed by atoms with Crippen LogP contribution in [-0.2, 0) is 0 Å². The number of hydrogen-bond acceptors (Lipinski definition) is 3. The summed E-state index contributed by atoms with van der Waals surface area (Å²) in [4.78, 5) is 0. The van der Waals surface area contributed by atoms with Gasteiger partial charge in [-0.05, 0) is 50.1 Å². The first kappa shape index (κ1) is 13.8. The van der Waals surface area contributed by atoms with E-state index in [2.05, 4.69) is 33.7 Å². The van der Waals surface area contributed by atoms with Gasteiger partial charge in [-0.2, -0.15) is 0 Å². The van der Waals surface area contributed by atoms with Crippen molar-refractivity contribution in [2.45, 2.75) is 27.2 Å². The predicted octanol–water partition coefficient (Wildman–Crippen LogP) is 4.09. The van der Waals surface area contributed by atoms with Crippen molar-refractivity contribution < 1.29 is 0 Å². The molecule has 0 aliphatic rings. The molecule has 0 amide bonds. The first-order valence-corrected chi connectivity index (χ1v) is 6.36. The molecule has 1 aromatic carbocycles. The molecule has 0 aliphatic heterocycles. The van der Waals surface area contributed by atoms with Gasteiger partial charge in [0.05, 0.1) is 5.69 Å². The molecule has 0 unspecified atom stereocenters. The Bertz CT molecular complexity index is 421. The van der Waals surface area contributed by atoms with Crippen molar-refractivity contribution in [2.75, 3.05) is 5.43 Å². The van der Waals surface area contributed by atoms with Gasteiger partial charge in [0, 0.05) is 15.9 Å². The molecule has 0 bridgehead atoms. The second kappa shape index (κ2) is 6.45. The van der Waals surface area contributed by atoms with Crippen LogP contribution in [0.2, 0.25) is 0 Å². The molecule has 0 heterocycles. The van der Waals surface area contributed by atoms with Gasteiger partial charge in [-0.3, -0.25) is 0 Å². The minimum absolute atomic E-state index is 0.590. The largest absolute Gasteiger partial charge is 0.305 e. The summed E-state index contributed by atoms with van der Waals surface area (Å²) in [7, 11) is 0. The zero-order valence-corrected chi connectivity index (χ0v) is 12.0. The third-order valence-corrected chi connectivity index (χ3v) is 3.10. The number of hydrazine groups is 1. The molecule has 0 aromatic heterocycles. The molecule has 0 saturated heterocycles. The Morgan fingerprint density at radius 2 is 1.82 bits per heavy atom. The lowest BCUT2D eigenvalue weighted by Crippen LogP contribution is -2.22. The van der Waals surface area contributed by atoms with E-state index in [9.17, 15) is 0 Å². The van der Waals surface area contributed by atoms with Gasteiger partial charge in [-0.15, -0.1) is 0 Å². The highest BCUT2D eigenvalue weighted by atomic mass is 79.9. The minimum Gasteiger partial charge on any atom is -0.305 e. The van der Waals surface area contributed by atoms with E-state index in [-0.39, 0.29) is 0 Å². The average molecular weight is 296 g/mol. The third-order valence-electron chi connectivity index (χ3n) is 2.57. The lowest BCUT2D eigenvalue weighted by Gasteiger charge is -2.15. The number of halogens is 1. The first-order chi connectivity index (χ1) is 8.04. The molecule has 1 rings (SSSR count). The van der Waals surface area contributed by atoms with Crippen LogP contribution >= 0.6 is 15.9 Å². The summed E-state index contributed by atoms with van der Waals surface area (Å²) >= 11 is 3.40. The first-order valence-electron chi connectivity index (χ1n) is 5.57. The topological polar surface area (TPSA) is 47.9 Å². The number of anilines is 1. The molecule has 3 nitrogen and oxygen atoms in total. The zero-order valence-electron chi connectivity index (χ0n) is 10.4. The van der Waals surface area contributed by atoms with E-state index >= 15 is 0 Å². The van der Waals surface area contributed by atoms with Crippen LogP contribution in [-0.4, -0.2) is 5.71 Å². The summed E-state index contributed by atoms with van der Waals surface area (Å²) in [5.74, 6) is 0. The summed E-state index contributed by atoms with van der Waals surface area (Å²) in [6.45, 7) is 5.82. The second-order valence-electron chi connectivity index (χ2n) is 3.84. The smallest absolute Gasteiger partial charge is 0.0540 e. The number of benzene rings is 1. The molecule has 3 N–H and O–H groups in total. The fraction of sp³-hybridized carbons (Fsp3) is 0.308. The highest BCUT2D eigenvalue weighted by Gasteiger charge is 2.01. The molecule has 0 saturated carbocycles. The molecule has 1 aromatic rings. The van der Waals surface area contributed by atoms with Crippen LogP contribution in [0, 0.1) is 5.41 Å². The van der Waals surface area contributed by atoms with E-state index in [1.54, 1.807) is 6.92 Å². The molecule has 0 spiro atoms. The van der Waals surface area contributed by atoms with Gasteiger partial charge >= 0.3 is 0 Å². The van der Waals surface area contributed by atoms with Crippen molar-refractivity contribution in [3.63, 3.8) is 0 Å². The van der Waals surface area contributed by atoms with Crippen LogP contribution in [0.3, 0.4) is 0 Å². The van der Waals surface area contributed by atoms with Gasteiger partial charge in [0.2, 0.25) is 0 Å². The number of nitrogens with one attached hydrogen (secondary N) is 3. The third kappa shape index (κ3) is 4.23. The molecule has 0 radical (unpaired) electrons. The van der Waals surface area contributed by atoms with Crippen LogP contribution in [0.25, 0.3) is 0 Å². The van der Waals surface area contributed by atoms with E-state index in [0.29, 0.717) is 5.71 Å². The fourth-order valence-corrected chi connectivity index (χ4v) is 1.62. The Kier molecular flexibility index (Phi) is 5.22. The molecule has 0 aliphatic carbocycles. The maximum absolute atomic E-state index is 7.61. The Labute approximate surface area is 111 Å². The summed E-state index contributed by atoms with van der Waals surface area (Å²) in [6, 6.07) is 7.93. The molecule has 0 fully saturated rings. The van der Waals surface area contributed by atoms with Crippen molar-refractivity contribution in [2.24, 2.45) is 0 Å². The number of allylic oxidation sites excluding steroid dienone is 2. The van der Waals surface area contributed by atoms with Crippen LogP contribution in [0.1, 0.15) is 27.2 Å². The summed E-state index contributed by atoms with van der Waals surface area (Å²) in [6.07, 6.45) is 0.867. The van der Waals surface area contributed by atoms with Crippen LogP contribution in [0.15, 0.2) is 40.0 Å². The van der Waals surface area contributed by atoms with Crippen molar-refractivity contribution in [1.82, 2.24) is 5.43 Å². The average Bonchev–Trinajstić information content (AvgIpc) is 2.31. The number of hydrogen-bond donors (Lipinski definition) is 3. The van der Waals surface area contributed by atoms with E-state index in [1.165, 1.54) is 0 Å². The molecule has 0 atom stereocenters. The standard InChI is InChI=1S/C13H18BrN3/c1-4-13(9(2)10(3)15)17-16-12-7-5-11(14)6-8-12/h5-8,15-17H,4H2,1-3H3. The van der Waals surface area contributed by atoms with E-state index in [1.807, 2.05) is 31.2 Å². The maximum Gasteiger partial charge on any atom is 0.0540 e. The zero-order chi connectivity index (χ0) is 12.8. The van der Waals surface area contributed by atoms with E-state index in [0.717, 1.165) is 27.9 Å². The fourth-order valence-electron chi connectivity index (χ4n) is 1.35. The molecule has 4 heteroatoms. The monoisotopic (exact) mass is 295 g/mol. The molecule has 92 valence electrons. The van der Waals surface area contributed by atoms with Crippen LogP contribution in [0.5, 0.6) is 0 Å². The summed E-state index contributed by atoms with van der Waals surface area (Å²) in [5.41, 5.74) is 9.90. The maximum atomic E-state index is 7.61. The van der Waals surface area contributed by atoms with Crippen LogP contribution < -0.4 is 10.9 Å². The van der Waals surface area contributed by atoms with Crippen LogP contribution in [0.4, 0.5) is 5.69 Å². The summed E-state index contributed by atoms with van der Waals surface area (Å²) < 4.78 is 1.06. The highest BCUT2D eigenvalue weighted by Crippen LogP contribution is 2.14. The molecular weight excluding hydrogens is 278 g/mol. The van der Waals surface area contributed by atoms with Crippen molar-refractivity contribution in [3.05, 3.63) is 40.0 Å². The minimum atomic E-state index is 0.590. The van der Waals surface area contributed by atoms with Gasteiger partial charge < -0.3 is 16.3 Å². The number of rotatable bonds is 5. The van der Waals surface area contributed by atoms with Crippen molar-refractivity contribution >= 4 is 27.3 Å². The normalized spacial score (nSPS) is 11.8. The van der Waals surface area contributed by atoms with Gasteiger partial charge in [-0.25, -0.2) is 0 Å². The Hall–Kier alpha value is -1.29.